The van der Waals surface area contributed by atoms with E-state index in [9.17, 15) is 13.2 Å². The molecule has 26 heavy (non-hydrogen) atoms. The summed E-state index contributed by atoms with van der Waals surface area (Å²) in [5.41, 5.74) is 2.46. The monoisotopic (exact) mass is 380 g/mol. The van der Waals surface area contributed by atoms with Crippen LogP contribution in [-0.2, 0) is 32.4 Å². The van der Waals surface area contributed by atoms with Gasteiger partial charge in [-0.2, -0.15) is 4.31 Å². The molecule has 3 rings (SSSR count). The van der Waals surface area contributed by atoms with Gasteiger partial charge in [-0.15, -0.1) is 0 Å². The maximum absolute atomic E-state index is 13.1. The van der Waals surface area contributed by atoms with Crippen molar-refractivity contribution in [3.63, 3.8) is 0 Å². The van der Waals surface area contributed by atoms with Crippen molar-refractivity contribution in [2.75, 3.05) is 39.3 Å². The van der Waals surface area contributed by atoms with Crippen molar-refractivity contribution in [1.82, 2.24) is 9.21 Å². The van der Waals surface area contributed by atoms with Crippen molar-refractivity contribution in [3.05, 3.63) is 29.3 Å². The van der Waals surface area contributed by atoms with Gasteiger partial charge in [0.15, 0.2) is 0 Å². The zero-order chi connectivity index (χ0) is 18.6. The molecule has 0 amide bonds. The zero-order valence-electron chi connectivity index (χ0n) is 15.4. The van der Waals surface area contributed by atoms with Crippen LogP contribution in [0.1, 0.15) is 37.3 Å². The first-order chi connectivity index (χ1) is 12.5. The molecule has 0 N–H and O–H groups in total. The molecule has 1 aromatic carbocycles. The van der Waals surface area contributed by atoms with Crippen molar-refractivity contribution in [3.8, 4) is 0 Å². The number of nitrogens with zero attached hydrogens (tertiary/aromatic N) is 2. The van der Waals surface area contributed by atoms with Gasteiger partial charge in [-0.25, -0.2) is 8.42 Å². The Morgan fingerprint density at radius 2 is 1.81 bits per heavy atom. The van der Waals surface area contributed by atoms with Gasteiger partial charge < -0.3 is 4.74 Å². The number of hydrogen-bond donors (Lipinski definition) is 0. The lowest BCUT2D eigenvalue weighted by Gasteiger charge is -2.22. The molecule has 0 bridgehead atoms. The summed E-state index contributed by atoms with van der Waals surface area (Å²) in [5.74, 6) is -0.251. The van der Waals surface area contributed by atoms with E-state index in [0.717, 1.165) is 19.3 Å². The van der Waals surface area contributed by atoms with E-state index in [1.54, 1.807) is 17.3 Å². The number of aryl methyl sites for hydroxylation is 2. The van der Waals surface area contributed by atoms with E-state index in [4.69, 9.17) is 4.74 Å². The highest BCUT2D eigenvalue weighted by molar-refractivity contribution is 7.89. The number of carbonyl (C=O) groups is 1. The van der Waals surface area contributed by atoms with E-state index in [0.29, 0.717) is 44.1 Å². The zero-order valence-corrected chi connectivity index (χ0v) is 16.3. The van der Waals surface area contributed by atoms with Crippen LogP contribution in [0, 0.1) is 0 Å². The fourth-order valence-electron chi connectivity index (χ4n) is 3.75. The molecule has 1 heterocycles. The topological polar surface area (TPSA) is 66.9 Å². The van der Waals surface area contributed by atoms with E-state index >= 15 is 0 Å². The minimum absolute atomic E-state index is 0.223. The third-order valence-corrected chi connectivity index (χ3v) is 7.06. The van der Waals surface area contributed by atoms with Gasteiger partial charge >= 0.3 is 5.97 Å². The van der Waals surface area contributed by atoms with Crippen LogP contribution in [0.5, 0.6) is 0 Å². The Balaban J connectivity index is 1.69. The number of carbonyl (C=O) groups excluding carboxylic acids is 1. The van der Waals surface area contributed by atoms with E-state index in [-0.39, 0.29) is 12.5 Å². The molecule has 1 fully saturated rings. The van der Waals surface area contributed by atoms with Crippen molar-refractivity contribution in [1.29, 1.82) is 0 Å². The second-order valence-electron chi connectivity index (χ2n) is 6.98. The van der Waals surface area contributed by atoms with Crippen molar-refractivity contribution in [2.24, 2.45) is 0 Å². The lowest BCUT2D eigenvalue weighted by molar-refractivity contribution is -0.144. The number of sulfonamides is 1. The minimum atomic E-state index is -3.49. The lowest BCUT2D eigenvalue weighted by Crippen LogP contribution is -2.37. The third-order valence-electron chi connectivity index (χ3n) is 5.16. The maximum Gasteiger partial charge on any atom is 0.320 e. The predicted octanol–water partition coefficient (Wildman–Crippen LogP) is 1.82. The van der Waals surface area contributed by atoms with Gasteiger partial charge in [-0.3, -0.25) is 9.69 Å². The smallest absolute Gasteiger partial charge is 0.320 e. The van der Waals surface area contributed by atoms with E-state index < -0.39 is 10.0 Å². The van der Waals surface area contributed by atoms with Crippen LogP contribution in [0.2, 0.25) is 0 Å². The SMILES string of the molecule is CCOC(=O)CN1CCCN(S(=O)(=O)c2ccc3c(c2)CCCC3)CC1. The summed E-state index contributed by atoms with van der Waals surface area (Å²) in [5, 5.41) is 0. The normalized spacial score (nSPS) is 19.6. The molecule has 0 saturated carbocycles. The van der Waals surface area contributed by atoms with Gasteiger partial charge in [0.2, 0.25) is 10.0 Å². The van der Waals surface area contributed by atoms with Crippen LogP contribution < -0.4 is 0 Å². The maximum atomic E-state index is 13.1. The Morgan fingerprint density at radius 3 is 2.58 bits per heavy atom. The molecule has 0 aromatic heterocycles. The molecule has 1 aliphatic carbocycles. The molecule has 0 unspecified atom stereocenters. The van der Waals surface area contributed by atoms with Crippen molar-refractivity contribution in [2.45, 2.75) is 43.9 Å². The molecule has 6 nitrogen and oxygen atoms in total. The number of benzene rings is 1. The van der Waals surface area contributed by atoms with Gasteiger partial charge in [0, 0.05) is 26.2 Å². The summed E-state index contributed by atoms with van der Waals surface area (Å²) < 4.78 is 32.7. The second kappa shape index (κ2) is 8.50. The van der Waals surface area contributed by atoms with Crippen LogP contribution in [0.3, 0.4) is 0 Å². The van der Waals surface area contributed by atoms with Crippen LogP contribution in [-0.4, -0.2) is 62.9 Å². The van der Waals surface area contributed by atoms with E-state index in [1.807, 2.05) is 17.0 Å². The first kappa shape index (κ1) is 19.3. The fourth-order valence-corrected chi connectivity index (χ4v) is 5.28. The largest absolute Gasteiger partial charge is 0.465 e. The quantitative estimate of drug-likeness (QED) is 0.729. The molecular formula is C19H28N2O4S. The van der Waals surface area contributed by atoms with Crippen molar-refractivity contribution < 1.29 is 17.9 Å². The van der Waals surface area contributed by atoms with Crippen LogP contribution >= 0.6 is 0 Å². The summed E-state index contributed by atoms with van der Waals surface area (Å²) in [6.07, 6.45) is 5.03. The molecule has 1 saturated heterocycles. The van der Waals surface area contributed by atoms with Gasteiger partial charge in [0.25, 0.3) is 0 Å². The summed E-state index contributed by atoms with van der Waals surface area (Å²) in [6.45, 7) is 4.51. The summed E-state index contributed by atoms with van der Waals surface area (Å²) in [4.78, 5) is 14.0. The summed E-state index contributed by atoms with van der Waals surface area (Å²) in [7, 11) is -3.49. The number of hydrogen-bond acceptors (Lipinski definition) is 5. The highest BCUT2D eigenvalue weighted by atomic mass is 32.2. The van der Waals surface area contributed by atoms with Crippen molar-refractivity contribution >= 4 is 16.0 Å². The van der Waals surface area contributed by atoms with Gasteiger partial charge in [-0.05, 0) is 62.3 Å². The molecule has 7 heteroatoms. The Kier molecular flexibility index (Phi) is 6.32. The Hall–Kier alpha value is -1.44. The minimum Gasteiger partial charge on any atom is -0.465 e. The first-order valence-corrected chi connectivity index (χ1v) is 10.9. The Bertz CT molecular complexity index is 748. The molecule has 144 valence electrons. The Morgan fingerprint density at radius 1 is 1.04 bits per heavy atom. The van der Waals surface area contributed by atoms with E-state index in [1.165, 1.54) is 17.5 Å². The Labute approximate surface area is 156 Å². The van der Waals surface area contributed by atoms with Gasteiger partial charge in [0.05, 0.1) is 18.0 Å². The number of esters is 1. The average Bonchev–Trinajstić information content (AvgIpc) is 2.87. The summed E-state index contributed by atoms with van der Waals surface area (Å²) >= 11 is 0. The third kappa shape index (κ3) is 4.45. The summed E-state index contributed by atoms with van der Waals surface area (Å²) in [6, 6.07) is 5.60. The fraction of sp³-hybridized carbons (Fsp3) is 0.632. The molecule has 1 aromatic rings. The molecule has 0 radical (unpaired) electrons. The first-order valence-electron chi connectivity index (χ1n) is 9.50. The molecular weight excluding hydrogens is 352 g/mol. The van der Waals surface area contributed by atoms with Gasteiger partial charge in [0.1, 0.15) is 0 Å². The molecule has 2 aliphatic rings. The number of rotatable bonds is 5. The molecule has 1 aliphatic heterocycles. The highest BCUT2D eigenvalue weighted by Crippen LogP contribution is 2.26. The van der Waals surface area contributed by atoms with E-state index in [2.05, 4.69) is 0 Å². The van der Waals surface area contributed by atoms with Crippen LogP contribution in [0.25, 0.3) is 0 Å². The standard InChI is InChI=1S/C19H28N2O4S/c1-2-25-19(22)15-20-10-5-11-21(13-12-20)26(23,24)18-9-8-16-6-3-4-7-17(16)14-18/h8-9,14H,2-7,10-13,15H2,1H3. The molecule has 0 spiro atoms. The second-order valence-corrected chi connectivity index (χ2v) is 8.91. The lowest BCUT2D eigenvalue weighted by atomic mass is 9.92. The number of ether oxygens (including phenoxy) is 1. The average molecular weight is 381 g/mol. The highest BCUT2D eigenvalue weighted by Gasteiger charge is 2.28. The predicted molar refractivity (Wildman–Crippen MR) is 99.5 cm³/mol. The van der Waals surface area contributed by atoms with Gasteiger partial charge in [-0.1, -0.05) is 6.07 Å². The number of fused-ring (bicyclic) bond motifs is 1. The van der Waals surface area contributed by atoms with Crippen LogP contribution in [0.15, 0.2) is 23.1 Å². The van der Waals surface area contributed by atoms with Crippen LogP contribution in [0.4, 0.5) is 0 Å². The molecule has 0 atom stereocenters.